The smallest absolute Gasteiger partial charge is 0.0952 e. The number of aromatic nitrogens is 1. The molecule has 0 saturated carbocycles. The molecule has 1 N–H and O–H groups in total. The van der Waals surface area contributed by atoms with Gasteiger partial charge in [0.05, 0.1) is 19.3 Å². The molecule has 0 bridgehead atoms. The first-order valence-electron chi connectivity index (χ1n) is 9.16. The van der Waals surface area contributed by atoms with Crippen LogP contribution in [0.4, 0.5) is 0 Å². The molecule has 0 aliphatic carbocycles. The maximum absolute atomic E-state index is 10.2. The summed E-state index contributed by atoms with van der Waals surface area (Å²) in [7, 11) is 1.63. The maximum atomic E-state index is 10.2. The van der Waals surface area contributed by atoms with Gasteiger partial charge < -0.3 is 14.4 Å². The van der Waals surface area contributed by atoms with Crippen molar-refractivity contribution >= 4 is 10.9 Å². The molecule has 1 unspecified atom stereocenters. The Kier molecular flexibility index (Phi) is 6.47. The molecule has 2 rings (SSSR count). The lowest BCUT2D eigenvalue weighted by Crippen LogP contribution is -2.25. The van der Waals surface area contributed by atoms with Crippen LogP contribution in [0.25, 0.3) is 10.9 Å². The lowest BCUT2D eigenvalue weighted by molar-refractivity contribution is 0.0536. The summed E-state index contributed by atoms with van der Waals surface area (Å²) in [5, 5.41) is 11.5. The maximum Gasteiger partial charge on any atom is 0.0952 e. The van der Waals surface area contributed by atoms with Gasteiger partial charge in [-0.25, -0.2) is 0 Å². The number of hydrogen-bond donors (Lipinski definition) is 1. The van der Waals surface area contributed by atoms with Gasteiger partial charge in [-0.3, -0.25) is 0 Å². The van der Waals surface area contributed by atoms with E-state index in [1.807, 2.05) is 0 Å². The zero-order chi connectivity index (χ0) is 17.7. The van der Waals surface area contributed by atoms with Crippen LogP contribution >= 0.6 is 0 Å². The minimum absolute atomic E-state index is 0.0359. The number of ether oxygens (including phenoxy) is 1. The van der Waals surface area contributed by atoms with Gasteiger partial charge in [0.2, 0.25) is 0 Å². The number of benzene rings is 1. The van der Waals surface area contributed by atoms with Crippen LogP contribution in [0, 0.1) is 0 Å². The first-order chi connectivity index (χ1) is 11.4. The largest absolute Gasteiger partial charge is 0.389 e. The van der Waals surface area contributed by atoms with Crippen LogP contribution in [0.15, 0.2) is 24.3 Å². The van der Waals surface area contributed by atoms with E-state index in [-0.39, 0.29) is 5.41 Å². The van der Waals surface area contributed by atoms with E-state index in [9.17, 15) is 5.11 Å². The van der Waals surface area contributed by atoms with Crippen LogP contribution in [0.2, 0.25) is 0 Å². The summed E-state index contributed by atoms with van der Waals surface area (Å²) in [6, 6.07) is 9.06. The molecule has 1 heterocycles. The lowest BCUT2D eigenvalue weighted by Gasteiger charge is -2.23. The zero-order valence-corrected chi connectivity index (χ0v) is 15.9. The van der Waals surface area contributed by atoms with Crippen molar-refractivity contribution in [1.29, 1.82) is 0 Å². The fourth-order valence-electron chi connectivity index (χ4n) is 3.33. The van der Waals surface area contributed by atoms with Gasteiger partial charge in [0, 0.05) is 29.1 Å². The number of rotatable bonds is 8. The Hall–Kier alpha value is -1.32. The molecular weight excluding hydrogens is 298 g/mol. The summed E-state index contributed by atoms with van der Waals surface area (Å²) < 4.78 is 7.36. The van der Waals surface area contributed by atoms with E-state index < -0.39 is 6.10 Å². The van der Waals surface area contributed by atoms with Gasteiger partial charge >= 0.3 is 0 Å². The second kappa shape index (κ2) is 8.17. The molecule has 0 aliphatic rings. The third kappa shape index (κ3) is 4.61. The number of aliphatic hydroxyl groups excluding tert-OH is 1. The van der Waals surface area contributed by atoms with Crippen molar-refractivity contribution in [3.05, 3.63) is 35.5 Å². The third-order valence-electron chi connectivity index (χ3n) is 4.56. The van der Waals surface area contributed by atoms with Crippen LogP contribution in [0.1, 0.15) is 58.2 Å². The Morgan fingerprint density at radius 1 is 1.17 bits per heavy atom. The lowest BCUT2D eigenvalue weighted by atomic mass is 9.92. The standard InChI is InChI=1S/C21H33NO2/c1-6-7-8-9-16-10-11-19-17(12-16)13-20(21(2,3)4)22(19)14-18(23)15-24-5/h10-13,18,23H,6-9,14-15H2,1-5H3. The minimum Gasteiger partial charge on any atom is -0.389 e. The van der Waals surface area contributed by atoms with Gasteiger partial charge in [0.25, 0.3) is 0 Å². The summed E-state index contributed by atoms with van der Waals surface area (Å²) in [6.07, 6.45) is 4.45. The molecule has 0 spiro atoms. The Balaban J connectivity index is 2.37. The topological polar surface area (TPSA) is 34.4 Å². The Labute approximate surface area is 146 Å². The van der Waals surface area contributed by atoms with E-state index in [1.54, 1.807) is 7.11 Å². The molecule has 0 saturated heterocycles. The molecule has 1 atom stereocenters. The Bertz CT molecular complexity index is 652. The van der Waals surface area contributed by atoms with Crippen LogP contribution in [0.5, 0.6) is 0 Å². The van der Waals surface area contributed by atoms with Crippen molar-refractivity contribution in [2.24, 2.45) is 0 Å². The van der Waals surface area contributed by atoms with E-state index >= 15 is 0 Å². The number of nitrogens with zero attached hydrogens (tertiary/aromatic N) is 1. The van der Waals surface area contributed by atoms with Gasteiger partial charge in [-0.2, -0.15) is 0 Å². The van der Waals surface area contributed by atoms with E-state index in [1.165, 1.54) is 41.4 Å². The number of aliphatic hydroxyl groups is 1. The molecule has 0 amide bonds. The summed E-state index contributed by atoms with van der Waals surface area (Å²) in [6.45, 7) is 9.84. The predicted molar refractivity (Wildman–Crippen MR) is 102 cm³/mol. The molecule has 1 aromatic carbocycles. The van der Waals surface area contributed by atoms with Gasteiger partial charge in [-0.1, -0.05) is 46.6 Å². The van der Waals surface area contributed by atoms with Crippen molar-refractivity contribution in [2.45, 2.75) is 71.4 Å². The SMILES string of the molecule is CCCCCc1ccc2c(c1)cc(C(C)(C)C)n2CC(O)COC. The summed E-state index contributed by atoms with van der Waals surface area (Å²) in [5.74, 6) is 0. The van der Waals surface area contributed by atoms with Crippen LogP contribution in [-0.2, 0) is 23.1 Å². The molecule has 3 nitrogen and oxygen atoms in total. The molecule has 0 radical (unpaired) electrons. The van der Waals surface area contributed by atoms with Crippen molar-refractivity contribution in [1.82, 2.24) is 4.57 Å². The third-order valence-corrected chi connectivity index (χ3v) is 4.56. The highest BCUT2D eigenvalue weighted by Crippen LogP contribution is 2.30. The molecule has 24 heavy (non-hydrogen) atoms. The highest BCUT2D eigenvalue weighted by molar-refractivity contribution is 5.82. The molecule has 0 aliphatic heterocycles. The van der Waals surface area contributed by atoms with Crippen molar-refractivity contribution in [3.8, 4) is 0 Å². The predicted octanol–water partition coefficient (Wildman–Crippen LogP) is 4.68. The normalized spacial score (nSPS) is 13.6. The molecular formula is C21H33NO2. The highest BCUT2D eigenvalue weighted by atomic mass is 16.5. The molecule has 0 fully saturated rings. The number of fused-ring (bicyclic) bond motifs is 1. The average molecular weight is 332 g/mol. The van der Waals surface area contributed by atoms with Crippen molar-refractivity contribution in [3.63, 3.8) is 0 Å². The molecule has 3 heteroatoms. The fourth-order valence-corrected chi connectivity index (χ4v) is 3.33. The van der Waals surface area contributed by atoms with Gasteiger partial charge in [-0.05, 0) is 36.6 Å². The Morgan fingerprint density at radius 3 is 2.54 bits per heavy atom. The van der Waals surface area contributed by atoms with Crippen molar-refractivity contribution < 1.29 is 9.84 Å². The van der Waals surface area contributed by atoms with Crippen LogP contribution in [-0.4, -0.2) is 29.5 Å². The van der Waals surface area contributed by atoms with E-state index in [2.05, 4.69) is 56.5 Å². The van der Waals surface area contributed by atoms with Crippen LogP contribution in [0.3, 0.4) is 0 Å². The first-order valence-corrected chi connectivity index (χ1v) is 9.16. The highest BCUT2D eigenvalue weighted by Gasteiger charge is 2.22. The second-order valence-corrected chi connectivity index (χ2v) is 7.85. The quantitative estimate of drug-likeness (QED) is 0.713. The summed E-state index contributed by atoms with van der Waals surface area (Å²) in [4.78, 5) is 0. The fraction of sp³-hybridized carbons (Fsp3) is 0.619. The average Bonchev–Trinajstić information content (AvgIpc) is 2.86. The minimum atomic E-state index is -0.490. The molecule has 1 aromatic heterocycles. The summed E-state index contributed by atoms with van der Waals surface area (Å²) in [5.41, 5.74) is 3.91. The molecule has 134 valence electrons. The number of unbranched alkanes of at least 4 members (excludes halogenated alkanes) is 2. The first kappa shape index (κ1) is 19.0. The second-order valence-electron chi connectivity index (χ2n) is 7.85. The number of methoxy groups -OCH3 is 1. The van der Waals surface area contributed by atoms with Crippen LogP contribution < -0.4 is 0 Å². The van der Waals surface area contributed by atoms with Gasteiger partial charge in [0.1, 0.15) is 0 Å². The number of hydrogen-bond acceptors (Lipinski definition) is 2. The van der Waals surface area contributed by atoms with E-state index in [0.717, 1.165) is 6.42 Å². The molecule has 2 aromatic rings. The summed E-state index contributed by atoms with van der Waals surface area (Å²) >= 11 is 0. The zero-order valence-electron chi connectivity index (χ0n) is 15.9. The van der Waals surface area contributed by atoms with Crippen molar-refractivity contribution in [2.75, 3.05) is 13.7 Å². The monoisotopic (exact) mass is 331 g/mol. The van der Waals surface area contributed by atoms with E-state index in [4.69, 9.17) is 4.74 Å². The number of aryl methyl sites for hydroxylation is 1. The van der Waals surface area contributed by atoms with Gasteiger partial charge in [0.15, 0.2) is 0 Å². The Morgan fingerprint density at radius 2 is 1.92 bits per heavy atom. The van der Waals surface area contributed by atoms with E-state index in [0.29, 0.717) is 13.2 Å². The van der Waals surface area contributed by atoms with Gasteiger partial charge in [-0.15, -0.1) is 0 Å².